The fraction of sp³-hybridized carbons (Fsp3) is 0. The van der Waals surface area contributed by atoms with Crippen molar-refractivity contribution in [1.29, 1.82) is 0 Å². The molecule has 0 spiro atoms. The zero-order valence-electron chi connectivity index (χ0n) is 23.3. The van der Waals surface area contributed by atoms with Gasteiger partial charge in [-0.2, -0.15) is 0 Å². The van der Waals surface area contributed by atoms with E-state index in [0.717, 1.165) is 55.8 Å². The van der Waals surface area contributed by atoms with Crippen molar-refractivity contribution in [3.8, 4) is 44.8 Å². The third-order valence-corrected chi connectivity index (χ3v) is 8.62. The van der Waals surface area contributed by atoms with Crippen molar-refractivity contribution in [1.82, 2.24) is 14.4 Å². The molecule has 9 rings (SSSR count). The summed E-state index contributed by atoms with van der Waals surface area (Å²) in [6.07, 6.45) is 4.10. The molecule has 0 fully saturated rings. The lowest BCUT2D eigenvalue weighted by Crippen LogP contribution is -1.94. The first-order valence-corrected chi connectivity index (χ1v) is 14.6. The van der Waals surface area contributed by atoms with Gasteiger partial charge in [0.25, 0.3) is 0 Å². The number of benzene rings is 5. The van der Waals surface area contributed by atoms with Crippen LogP contribution in [-0.2, 0) is 0 Å². The Morgan fingerprint density at radius 3 is 1.14 bits per heavy atom. The number of aromatic nitrogens is 3. The Balaban J connectivity index is 1.47. The molecule has 0 unspecified atom stereocenters. The van der Waals surface area contributed by atoms with Crippen LogP contribution in [0.25, 0.3) is 82.9 Å². The highest BCUT2D eigenvalue weighted by Gasteiger charge is 2.25. The standard InChI is InChI=1S/C40H25N3/c1-5-14-26(15-6-1)34-36-30-22-13-23-31-37-33(43(40(30)31)32(36)24-41-38(34)28-18-9-3-10-19-28)25-42-39(29-20-11-4-12-21-29)35(37)27-16-7-2-8-17-27/h1-25H. The van der Waals surface area contributed by atoms with Crippen LogP contribution < -0.4 is 0 Å². The number of hydrogen-bond donors (Lipinski definition) is 0. The van der Waals surface area contributed by atoms with Gasteiger partial charge >= 0.3 is 0 Å². The number of pyridine rings is 2. The highest BCUT2D eigenvalue weighted by molar-refractivity contribution is 6.29. The van der Waals surface area contributed by atoms with Gasteiger partial charge in [-0.25, -0.2) is 0 Å². The van der Waals surface area contributed by atoms with E-state index in [2.05, 4.69) is 156 Å². The molecular weight excluding hydrogens is 522 g/mol. The van der Waals surface area contributed by atoms with Gasteiger partial charge in [0.2, 0.25) is 0 Å². The molecule has 0 atom stereocenters. The predicted molar refractivity (Wildman–Crippen MR) is 178 cm³/mol. The average Bonchev–Trinajstić information content (AvgIpc) is 3.61. The smallest absolute Gasteiger partial charge is 0.0788 e. The van der Waals surface area contributed by atoms with E-state index in [-0.39, 0.29) is 0 Å². The van der Waals surface area contributed by atoms with Crippen molar-refractivity contribution >= 4 is 38.1 Å². The van der Waals surface area contributed by atoms with Crippen LogP contribution in [0.3, 0.4) is 0 Å². The fourth-order valence-corrected chi connectivity index (χ4v) is 6.85. The number of hydrogen-bond acceptors (Lipinski definition) is 2. The summed E-state index contributed by atoms with van der Waals surface area (Å²) in [6.45, 7) is 0. The van der Waals surface area contributed by atoms with Gasteiger partial charge in [-0.05, 0) is 11.1 Å². The molecule has 4 heterocycles. The minimum atomic E-state index is 0.993. The molecule has 0 aliphatic carbocycles. The molecule has 0 saturated heterocycles. The van der Waals surface area contributed by atoms with Gasteiger partial charge in [0.05, 0.1) is 40.3 Å². The summed E-state index contributed by atoms with van der Waals surface area (Å²) in [5.74, 6) is 0. The Labute approximate surface area is 248 Å². The summed E-state index contributed by atoms with van der Waals surface area (Å²) in [4.78, 5) is 10.3. The molecule has 0 bridgehead atoms. The van der Waals surface area contributed by atoms with Crippen LogP contribution in [0, 0.1) is 0 Å². The summed E-state index contributed by atoms with van der Waals surface area (Å²) in [6, 6.07) is 49.1. The normalized spacial score (nSPS) is 11.7. The lowest BCUT2D eigenvalue weighted by molar-refractivity contribution is 1.27. The van der Waals surface area contributed by atoms with Crippen LogP contribution in [0.2, 0.25) is 0 Å². The maximum Gasteiger partial charge on any atom is 0.0788 e. The molecule has 0 radical (unpaired) electrons. The van der Waals surface area contributed by atoms with Gasteiger partial charge in [-0.3, -0.25) is 9.97 Å². The van der Waals surface area contributed by atoms with Crippen molar-refractivity contribution in [2.24, 2.45) is 0 Å². The molecule has 0 amide bonds. The summed E-state index contributed by atoms with van der Waals surface area (Å²) < 4.78 is 2.39. The molecule has 0 aliphatic heterocycles. The first-order valence-electron chi connectivity index (χ1n) is 14.6. The summed E-state index contributed by atoms with van der Waals surface area (Å²) in [5, 5.41) is 4.89. The predicted octanol–water partition coefficient (Wildman–Crippen LogP) is 10.3. The van der Waals surface area contributed by atoms with Crippen molar-refractivity contribution in [2.75, 3.05) is 0 Å². The monoisotopic (exact) mass is 547 g/mol. The van der Waals surface area contributed by atoms with E-state index in [4.69, 9.17) is 9.97 Å². The third-order valence-electron chi connectivity index (χ3n) is 8.62. The van der Waals surface area contributed by atoms with E-state index < -0.39 is 0 Å². The molecule has 0 N–H and O–H groups in total. The van der Waals surface area contributed by atoms with E-state index in [1.807, 2.05) is 0 Å². The molecule has 0 aliphatic rings. The Kier molecular flexibility index (Phi) is 5.20. The molecular formula is C40H25N3. The first kappa shape index (κ1) is 23.9. The number of fused-ring (bicyclic) bond motifs is 6. The van der Waals surface area contributed by atoms with Gasteiger partial charge in [-0.15, -0.1) is 0 Å². The first-order chi connectivity index (χ1) is 21.4. The Morgan fingerprint density at radius 1 is 0.372 bits per heavy atom. The van der Waals surface area contributed by atoms with Gasteiger partial charge in [0, 0.05) is 43.8 Å². The lowest BCUT2D eigenvalue weighted by atomic mass is 9.93. The second-order valence-electron chi connectivity index (χ2n) is 11.0. The van der Waals surface area contributed by atoms with E-state index in [9.17, 15) is 0 Å². The Morgan fingerprint density at radius 2 is 0.744 bits per heavy atom. The van der Waals surface area contributed by atoms with Crippen LogP contribution in [-0.4, -0.2) is 14.4 Å². The highest BCUT2D eigenvalue weighted by atomic mass is 14.9. The maximum atomic E-state index is 5.16. The Bertz CT molecular complexity index is 2240. The molecule has 200 valence electrons. The van der Waals surface area contributed by atoms with Gasteiger partial charge in [-0.1, -0.05) is 140 Å². The maximum absolute atomic E-state index is 5.16. The SMILES string of the molecule is c1ccc(-c2ncc3c(c2-c2ccccc2)c2cccc4c5c(-c6ccccc6)c(-c6ccccc6)ncc5n3c24)cc1. The molecule has 3 nitrogen and oxygen atoms in total. The number of rotatable bonds is 4. The van der Waals surface area contributed by atoms with Gasteiger partial charge in [0.1, 0.15) is 0 Å². The van der Waals surface area contributed by atoms with Crippen molar-refractivity contribution in [3.05, 3.63) is 152 Å². The van der Waals surface area contributed by atoms with E-state index in [0.29, 0.717) is 0 Å². The topological polar surface area (TPSA) is 30.2 Å². The summed E-state index contributed by atoms with van der Waals surface area (Å²) >= 11 is 0. The fourth-order valence-electron chi connectivity index (χ4n) is 6.85. The van der Waals surface area contributed by atoms with Crippen LogP contribution in [0.4, 0.5) is 0 Å². The number of nitrogens with zero attached hydrogens (tertiary/aromatic N) is 3. The zero-order chi connectivity index (χ0) is 28.3. The van der Waals surface area contributed by atoms with Gasteiger partial charge < -0.3 is 4.40 Å². The molecule has 43 heavy (non-hydrogen) atoms. The van der Waals surface area contributed by atoms with E-state index in [1.165, 1.54) is 27.1 Å². The van der Waals surface area contributed by atoms with Crippen molar-refractivity contribution in [2.45, 2.75) is 0 Å². The minimum absolute atomic E-state index is 0.993. The van der Waals surface area contributed by atoms with Crippen molar-refractivity contribution in [3.63, 3.8) is 0 Å². The van der Waals surface area contributed by atoms with Crippen LogP contribution in [0.1, 0.15) is 0 Å². The third kappa shape index (κ3) is 3.49. The molecule has 3 heteroatoms. The van der Waals surface area contributed by atoms with Crippen LogP contribution in [0.15, 0.2) is 152 Å². The molecule has 9 aromatic rings. The average molecular weight is 548 g/mol. The van der Waals surface area contributed by atoms with E-state index in [1.54, 1.807) is 0 Å². The largest absolute Gasteiger partial charge is 0.305 e. The van der Waals surface area contributed by atoms with Crippen LogP contribution in [0.5, 0.6) is 0 Å². The highest BCUT2D eigenvalue weighted by Crippen LogP contribution is 2.48. The Hall–Kier alpha value is -5.80. The lowest BCUT2D eigenvalue weighted by Gasteiger charge is -2.14. The second kappa shape index (κ2) is 9.37. The van der Waals surface area contributed by atoms with Crippen molar-refractivity contribution < 1.29 is 0 Å². The number of para-hydroxylation sites is 1. The second-order valence-corrected chi connectivity index (χ2v) is 11.0. The zero-order valence-corrected chi connectivity index (χ0v) is 23.3. The molecule has 4 aromatic heterocycles. The molecule has 5 aromatic carbocycles. The summed E-state index contributed by atoms with van der Waals surface area (Å²) in [5.41, 5.74) is 12.2. The minimum Gasteiger partial charge on any atom is -0.305 e. The molecule has 0 saturated carbocycles. The van der Waals surface area contributed by atoms with E-state index >= 15 is 0 Å². The quantitative estimate of drug-likeness (QED) is 0.219. The summed E-state index contributed by atoms with van der Waals surface area (Å²) in [7, 11) is 0. The van der Waals surface area contributed by atoms with Crippen LogP contribution >= 0.6 is 0 Å². The van der Waals surface area contributed by atoms with Gasteiger partial charge in [0.15, 0.2) is 0 Å².